The molecule has 1 N–H and O–H groups in total. The van der Waals surface area contributed by atoms with E-state index in [0.29, 0.717) is 6.42 Å². The van der Waals surface area contributed by atoms with Crippen molar-refractivity contribution in [3.05, 3.63) is 0 Å². The number of rotatable bonds is 9. The molecule has 0 heterocycles. The van der Waals surface area contributed by atoms with Crippen LogP contribution in [0.25, 0.3) is 0 Å². The van der Waals surface area contributed by atoms with Gasteiger partial charge in [-0.05, 0) is 32.7 Å². The van der Waals surface area contributed by atoms with Crippen molar-refractivity contribution < 1.29 is 13.2 Å². The SMILES string of the molecule is CCC(CC)(OC)C(CCCS(C)(=O)=O)NC. The van der Waals surface area contributed by atoms with Crippen LogP contribution in [0.5, 0.6) is 0 Å². The first-order valence-electron chi connectivity index (χ1n) is 6.25. The lowest BCUT2D eigenvalue weighted by Gasteiger charge is -2.38. The Morgan fingerprint density at radius 3 is 2.12 bits per heavy atom. The van der Waals surface area contributed by atoms with Gasteiger partial charge in [-0.1, -0.05) is 13.8 Å². The summed E-state index contributed by atoms with van der Waals surface area (Å²) >= 11 is 0. The average Bonchev–Trinajstić information content (AvgIpc) is 2.28. The lowest BCUT2D eigenvalue weighted by molar-refractivity contribution is -0.0476. The van der Waals surface area contributed by atoms with Crippen LogP contribution in [0.3, 0.4) is 0 Å². The van der Waals surface area contributed by atoms with Gasteiger partial charge in [0.1, 0.15) is 9.84 Å². The first-order chi connectivity index (χ1) is 7.85. The van der Waals surface area contributed by atoms with Crippen molar-refractivity contribution in [3.63, 3.8) is 0 Å². The van der Waals surface area contributed by atoms with Crippen molar-refractivity contribution in [1.82, 2.24) is 5.32 Å². The highest BCUT2D eigenvalue weighted by molar-refractivity contribution is 7.90. The van der Waals surface area contributed by atoms with Gasteiger partial charge in [-0.2, -0.15) is 0 Å². The molecule has 104 valence electrons. The first-order valence-corrected chi connectivity index (χ1v) is 8.31. The summed E-state index contributed by atoms with van der Waals surface area (Å²) in [7, 11) is 0.775. The number of ether oxygens (including phenoxy) is 1. The third-order valence-electron chi connectivity index (χ3n) is 3.59. The fourth-order valence-electron chi connectivity index (χ4n) is 2.39. The van der Waals surface area contributed by atoms with E-state index in [2.05, 4.69) is 19.2 Å². The third-order valence-corrected chi connectivity index (χ3v) is 4.63. The van der Waals surface area contributed by atoms with Gasteiger partial charge in [0.2, 0.25) is 0 Å². The lowest BCUT2D eigenvalue weighted by atomic mass is 9.85. The molecule has 0 amide bonds. The maximum absolute atomic E-state index is 11.1. The van der Waals surface area contributed by atoms with Crippen molar-refractivity contribution >= 4 is 9.84 Å². The van der Waals surface area contributed by atoms with E-state index in [-0.39, 0.29) is 17.4 Å². The molecule has 0 aromatic carbocycles. The van der Waals surface area contributed by atoms with Crippen LogP contribution in [0.15, 0.2) is 0 Å². The summed E-state index contributed by atoms with van der Waals surface area (Å²) in [6.07, 6.45) is 4.62. The van der Waals surface area contributed by atoms with E-state index in [9.17, 15) is 8.42 Å². The maximum atomic E-state index is 11.1. The Morgan fingerprint density at radius 1 is 1.29 bits per heavy atom. The summed E-state index contributed by atoms with van der Waals surface area (Å²) in [6, 6.07) is 0.198. The van der Waals surface area contributed by atoms with Crippen LogP contribution in [-0.4, -0.2) is 46.2 Å². The van der Waals surface area contributed by atoms with E-state index in [1.54, 1.807) is 7.11 Å². The summed E-state index contributed by atoms with van der Waals surface area (Å²) in [4.78, 5) is 0. The molecule has 0 aliphatic heterocycles. The molecular weight excluding hydrogens is 238 g/mol. The molecule has 0 fully saturated rings. The molecule has 0 spiro atoms. The van der Waals surface area contributed by atoms with E-state index in [0.717, 1.165) is 19.3 Å². The number of nitrogens with one attached hydrogen (secondary N) is 1. The second-order valence-corrected chi connectivity index (χ2v) is 6.85. The molecule has 0 aromatic heterocycles. The summed E-state index contributed by atoms with van der Waals surface area (Å²) < 4.78 is 27.9. The first kappa shape index (κ1) is 16.9. The zero-order chi connectivity index (χ0) is 13.5. The van der Waals surface area contributed by atoms with Crippen LogP contribution >= 0.6 is 0 Å². The Kier molecular flexibility index (Phi) is 7.28. The minimum Gasteiger partial charge on any atom is -0.377 e. The third kappa shape index (κ3) is 5.36. The molecular formula is C12H27NO3S. The normalized spacial score (nSPS) is 14.9. The average molecular weight is 265 g/mol. The molecule has 1 unspecified atom stereocenters. The Balaban J connectivity index is 4.50. The quantitative estimate of drug-likeness (QED) is 0.688. The van der Waals surface area contributed by atoms with Gasteiger partial charge in [-0.25, -0.2) is 8.42 Å². The predicted octanol–water partition coefficient (Wildman–Crippen LogP) is 1.60. The Hall–Kier alpha value is -0.130. The molecule has 0 radical (unpaired) electrons. The molecule has 1 atom stereocenters. The zero-order valence-corrected chi connectivity index (χ0v) is 12.6. The smallest absolute Gasteiger partial charge is 0.147 e. The molecule has 0 bridgehead atoms. The van der Waals surface area contributed by atoms with Gasteiger partial charge in [0.25, 0.3) is 0 Å². The van der Waals surface area contributed by atoms with Crippen LogP contribution in [0.1, 0.15) is 39.5 Å². The summed E-state index contributed by atoms with van der Waals surface area (Å²) in [5, 5.41) is 3.26. The minimum atomic E-state index is -2.86. The standard InChI is InChI=1S/C12H27NO3S/c1-6-12(7-2,16-4)11(13-3)9-8-10-17(5,14)15/h11,13H,6-10H2,1-5H3. The molecule has 0 aromatic rings. The topological polar surface area (TPSA) is 55.4 Å². The second-order valence-electron chi connectivity index (χ2n) is 4.59. The molecule has 0 saturated carbocycles. The Labute approximate surface area is 106 Å². The van der Waals surface area contributed by atoms with Gasteiger partial charge < -0.3 is 10.1 Å². The second kappa shape index (κ2) is 7.34. The lowest BCUT2D eigenvalue weighted by Crippen LogP contribution is -2.50. The van der Waals surface area contributed by atoms with Crippen LogP contribution in [0, 0.1) is 0 Å². The van der Waals surface area contributed by atoms with Crippen molar-refractivity contribution in [2.75, 3.05) is 26.2 Å². The van der Waals surface area contributed by atoms with E-state index in [1.165, 1.54) is 6.26 Å². The van der Waals surface area contributed by atoms with Crippen molar-refractivity contribution in [2.24, 2.45) is 0 Å². The molecule has 17 heavy (non-hydrogen) atoms. The van der Waals surface area contributed by atoms with Crippen molar-refractivity contribution in [2.45, 2.75) is 51.2 Å². The van der Waals surface area contributed by atoms with Gasteiger partial charge >= 0.3 is 0 Å². The molecule has 0 aliphatic carbocycles. The molecule has 4 nitrogen and oxygen atoms in total. The Morgan fingerprint density at radius 2 is 1.82 bits per heavy atom. The summed E-state index contributed by atoms with van der Waals surface area (Å²) in [6.45, 7) is 4.21. The van der Waals surface area contributed by atoms with Gasteiger partial charge in [-0.3, -0.25) is 0 Å². The fourth-order valence-corrected chi connectivity index (χ4v) is 3.08. The number of hydrogen-bond acceptors (Lipinski definition) is 4. The number of sulfone groups is 1. The predicted molar refractivity (Wildman–Crippen MR) is 72.1 cm³/mol. The molecule has 0 saturated heterocycles. The summed E-state index contributed by atoms with van der Waals surface area (Å²) in [5.41, 5.74) is -0.188. The fraction of sp³-hybridized carbons (Fsp3) is 1.00. The zero-order valence-electron chi connectivity index (χ0n) is 11.7. The van der Waals surface area contributed by atoms with Crippen LogP contribution in [0.4, 0.5) is 0 Å². The monoisotopic (exact) mass is 265 g/mol. The van der Waals surface area contributed by atoms with Gasteiger partial charge in [-0.15, -0.1) is 0 Å². The Bertz CT molecular complexity index is 289. The van der Waals surface area contributed by atoms with E-state index in [1.807, 2.05) is 7.05 Å². The molecule has 5 heteroatoms. The highest BCUT2D eigenvalue weighted by Gasteiger charge is 2.34. The van der Waals surface area contributed by atoms with Crippen molar-refractivity contribution in [1.29, 1.82) is 0 Å². The molecule has 0 aliphatic rings. The number of hydrogen-bond donors (Lipinski definition) is 1. The number of methoxy groups -OCH3 is 1. The van der Waals surface area contributed by atoms with Gasteiger partial charge in [0.15, 0.2) is 0 Å². The van der Waals surface area contributed by atoms with E-state index >= 15 is 0 Å². The van der Waals surface area contributed by atoms with E-state index in [4.69, 9.17) is 4.74 Å². The minimum absolute atomic E-state index is 0.188. The van der Waals surface area contributed by atoms with Gasteiger partial charge in [0.05, 0.1) is 5.60 Å². The highest BCUT2D eigenvalue weighted by Crippen LogP contribution is 2.26. The molecule has 0 rings (SSSR count). The highest BCUT2D eigenvalue weighted by atomic mass is 32.2. The summed E-state index contributed by atoms with van der Waals surface area (Å²) in [5.74, 6) is 0.248. The maximum Gasteiger partial charge on any atom is 0.147 e. The van der Waals surface area contributed by atoms with Crippen LogP contribution < -0.4 is 5.32 Å². The van der Waals surface area contributed by atoms with E-state index < -0.39 is 9.84 Å². The largest absolute Gasteiger partial charge is 0.377 e. The van der Waals surface area contributed by atoms with Crippen molar-refractivity contribution in [3.8, 4) is 0 Å². The number of likely N-dealkylation sites (N-methyl/N-ethyl adjacent to an activating group) is 1. The van der Waals surface area contributed by atoms with Gasteiger partial charge in [0, 0.05) is 25.2 Å². The van der Waals surface area contributed by atoms with Crippen LogP contribution in [0.2, 0.25) is 0 Å². The van der Waals surface area contributed by atoms with Crippen LogP contribution in [-0.2, 0) is 14.6 Å².